The van der Waals surface area contributed by atoms with Gasteiger partial charge in [0.05, 0.1) is 5.92 Å². The molecule has 0 aromatic heterocycles. The summed E-state index contributed by atoms with van der Waals surface area (Å²) in [5.74, 6) is -1.76. The minimum atomic E-state index is -1.21. The maximum absolute atomic E-state index is 11.4. The van der Waals surface area contributed by atoms with E-state index in [1.54, 1.807) is 0 Å². The maximum atomic E-state index is 11.4. The molecule has 3 nitrogen and oxygen atoms in total. The van der Waals surface area contributed by atoms with Crippen LogP contribution in [0.15, 0.2) is 24.3 Å². The van der Waals surface area contributed by atoms with E-state index in [9.17, 15) is 15.0 Å². The van der Waals surface area contributed by atoms with Crippen LogP contribution in [-0.4, -0.2) is 16.2 Å². The molecule has 2 rings (SSSR count). The van der Waals surface area contributed by atoms with Crippen molar-refractivity contribution in [1.29, 1.82) is 0 Å². The number of aryl methyl sites for hydroxylation is 1. The molecule has 1 aliphatic rings. The summed E-state index contributed by atoms with van der Waals surface area (Å²) in [5, 5.41) is 20.1. The normalized spacial score (nSPS) is 24.7. The van der Waals surface area contributed by atoms with Gasteiger partial charge in [-0.3, -0.25) is 4.79 Å². The Bertz CT molecular complexity index is 439. The lowest BCUT2D eigenvalue weighted by molar-refractivity contribution is -0.156. The number of fused-ring (bicyclic) bond motifs is 1. The van der Waals surface area contributed by atoms with Crippen LogP contribution < -0.4 is 0 Å². The van der Waals surface area contributed by atoms with Gasteiger partial charge in [0.1, 0.15) is 5.60 Å². The van der Waals surface area contributed by atoms with Gasteiger partial charge in [-0.05, 0) is 29.9 Å². The molecule has 0 bridgehead atoms. The summed E-state index contributed by atoms with van der Waals surface area (Å²) in [4.78, 5) is 11.4. The van der Waals surface area contributed by atoms with Crippen molar-refractivity contribution in [2.24, 2.45) is 11.8 Å². The van der Waals surface area contributed by atoms with Crippen LogP contribution in [0.4, 0.5) is 0 Å². The number of carbonyl (C=O) groups is 1. The van der Waals surface area contributed by atoms with E-state index < -0.39 is 17.5 Å². The molecule has 92 valence electrons. The van der Waals surface area contributed by atoms with E-state index in [2.05, 4.69) is 0 Å². The summed E-state index contributed by atoms with van der Waals surface area (Å²) in [5.41, 5.74) is 0.652. The van der Waals surface area contributed by atoms with Crippen molar-refractivity contribution < 1.29 is 15.0 Å². The molecule has 0 saturated heterocycles. The number of carboxylic acid groups (broad SMARTS) is 1. The SMILES string of the molecule is CC(C)C(C(=O)O)C1(O)CCc2ccccc21. The lowest BCUT2D eigenvalue weighted by atomic mass is 9.76. The van der Waals surface area contributed by atoms with Gasteiger partial charge in [-0.25, -0.2) is 0 Å². The molecule has 0 fully saturated rings. The number of benzene rings is 1. The summed E-state index contributed by atoms with van der Waals surface area (Å²) in [7, 11) is 0. The second-order valence-electron chi connectivity index (χ2n) is 5.14. The van der Waals surface area contributed by atoms with E-state index in [-0.39, 0.29) is 5.92 Å². The minimum absolute atomic E-state index is 0.0938. The highest BCUT2D eigenvalue weighted by molar-refractivity contribution is 5.73. The van der Waals surface area contributed by atoms with Crippen LogP contribution in [0.2, 0.25) is 0 Å². The molecule has 3 heteroatoms. The van der Waals surface area contributed by atoms with Crippen LogP contribution in [0.3, 0.4) is 0 Å². The maximum Gasteiger partial charge on any atom is 0.310 e. The Morgan fingerprint density at radius 1 is 1.35 bits per heavy atom. The topological polar surface area (TPSA) is 57.5 Å². The standard InChI is InChI=1S/C14H18O3/c1-9(2)12(13(15)16)14(17)8-7-10-5-3-4-6-11(10)14/h3-6,9,12,17H,7-8H2,1-2H3,(H,15,16). The summed E-state index contributed by atoms with van der Waals surface area (Å²) in [6.45, 7) is 3.69. The van der Waals surface area contributed by atoms with Crippen LogP contribution in [0, 0.1) is 11.8 Å². The van der Waals surface area contributed by atoms with E-state index >= 15 is 0 Å². The third-order valence-corrected chi connectivity index (χ3v) is 3.71. The highest BCUT2D eigenvalue weighted by atomic mass is 16.4. The first kappa shape index (κ1) is 12.1. The molecule has 1 aromatic rings. The number of carboxylic acids is 1. The fourth-order valence-corrected chi connectivity index (χ4v) is 2.98. The van der Waals surface area contributed by atoms with Crippen LogP contribution in [-0.2, 0) is 16.8 Å². The average Bonchev–Trinajstić information content (AvgIpc) is 2.57. The van der Waals surface area contributed by atoms with Crippen molar-refractivity contribution in [2.45, 2.75) is 32.3 Å². The molecule has 2 atom stereocenters. The van der Waals surface area contributed by atoms with Crippen LogP contribution in [0.1, 0.15) is 31.4 Å². The molecule has 0 saturated carbocycles. The average molecular weight is 234 g/mol. The number of hydrogen-bond acceptors (Lipinski definition) is 2. The van der Waals surface area contributed by atoms with Crippen molar-refractivity contribution in [2.75, 3.05) is 0 Å². The Kier molecular flexibility index (Phi) is 2.96. The van der Waals surface area contributed by atoms with Crippen molar-refractivity contribution >= 4 is 5.97 Å². The summed E-state index contributed by atoms with van der Waals surface area (Å²) in [6, 6.07) is 7.59. The quantitative estimate of drug-likeness (QED) is 0.842. The zero-order valence-corrected chi connectivity index (χ0v) is 10.2. The Hall–Kier alpha value is -1.35. The molecule has 0 amide bonds. The van der Waals surface area contributed by atoms with Gasteiger partial charge in [0.15, 0.2) is 0 Å². The van der Waals surface area contributed by atoms with Gasteiger partial charge in [0.2, 0.25) is 0 Å². The number of hydrogen-bond donors (Lipinski definition) is 2. The molecule has 17 heavy (non-hydrogen) atoms. The first-order valence-corrected chi connectivity index (χ1v) is 6.00. The van der Waals surface area contributed by atoms with E-state index in [0.29, 0.717) is 6.42 Å². The highest BCUT2D eigenvalue weighted by Gasteiger charge is 2.48. The van der Waals surface area contributed by atoms with E-state index in [1.165, 1.54) is 0 Å². The molecule has 0 heterocycles. The van der Waals surface area contributed by atoms with Gasteiger partial charge in [0.25, 0.3) is 0 Å². The third-order valence-electron chi connectivity index (χ3n) is 3.71. The number of aliphatic hydroxyl groups is 1. The molecule has 2 N–H and O–H groups in total. The van der Waals surface area contributed by atoms with Crippen molar-refractivity contribution in [3.63, 3.8) is 0 Å². The predicted molar refractivity (Wildman–Crippen MR) is 64.6 cm³/mol. The first-order valence-electron chi connectivity index (χ1n) is 6.00. The van der Waals surface area contributed by atoms with Crippen molar-refractivity contribution in [3.05, 3.63) is 35.4 Å². The van der Waals surface area contributed by atoms with Gasteiger partial charge in [0, 0.05) is 0 Å². The van der Waals surface area contributed by atoms with E-state index in [1.807, 2.05) is 38.1 Å². The Labute approximate surface area is 101 Å². The molecule has 0 spiro atoms. The highest BCUT2D eigenvalue weighted by Crippen LogP contribution is 2.44. The summed E-state index contributed by atoms with van der Waals surface area (Å²) in [6.07, 6.45) is 1.25. The smallest absolute Gasteiger partial charge is 0.310 e. The van der Waals surface area contributed by atoms with Crippen LogP contribution in [0.5, 0.6) is 0 Å². The Balaban J connectivity index is 2.47. The summed E-state index contributed by atoms with van der Waals surface area (Å²) >= 11 is 0. The van der Waals surface area contributed by atoms with Crippen LogP contribution in [0.25, 0.3) is 0 Å². The molecule has 2 unspecified atom stereocenters. The Morgan fingerprint density at radius 2 is 2.00 bits per heavy atom. The Morgan fingerprint density at radius 3 is 2.59 bits per heavy atom. The summed E-state index contributed by atoms with van der Waals surface area (Å²) < 4.78 is 0. The van der Waals surface area contributed by atoms with E-state index in [0.717, 1.165) is 17.5 Å². The second-order valence-corrected chi connectivity index (χ2v) is 5.14. The van der Waals surface area contributed by atoms with Gasteiger partial charge in [-0.1, -0.05) is 38.1 Å². The molecular formula is C14H18O3. The molecule has 0 aliphatic heterocycles. The zero-order chi connectivity index (χ0) is 12.6. The van der Waals surface area contributed by atoms with Gasteiger partial charge in [-0.15, -0.1) is 0 Å². The molecule has 1 aliphatic carbocycles. The van der Waals surface area contributed by atoms with Gasteiger partial charge < -0.3 is 10.2 Å². The van der Waals surface area contributed by atoms with Crippen molar-refractivity contribution in [3.8, 4) is 0 Å². The zero-order valence-electron chi connectivity index (χ0n) is 10.2. The lowest BCUT2D eigenvalue weighted by Crippen LogP contribution is -2.41. The van der Waals surface area contributed by atoms with Crippen LogP contribution >= 0.6 is 0 Å². The number of aliphatic carboxylic acids is 1. The predicted octanol–water partition coefficient (Wildman–Crippen LogP) is 2.18. The number of rotatable bonds is 3. The third kappa shape index (κ3) is 1.84. The van der Waals surface area contributed by atoms with E-state index in [4.69, 9.17) is 0 Å². The fraction of sp³-hybridized carbons (Fsp3) is 0.500. The molecule has 0 radical (unpaired) electrons. The van der Waals surface area contributed by atoms with Gasteiger partial charge >= 0.3 is 5.97 Å². The fourth-order valence-electron chi connectivity index (χ4n) is 2.98. The first-order chi connectivity index (χ1) is 7.97. The second kappa shape index (κ2) is 4.15. The lowest BCUT2D eigenvalue weighted by Gasteiger charge is -2.33. The molecule has 1 aromatic carbocycles. The monoisotopic (exact) mass is 234 g/mol. The van der Waals surface area contributed by atoms with Gasteiger partial charge in [-0.2, -0.15) is 0 Å². The van der Waals surface area contributed by atoms with Crippen molar-refractivity contribution in [1.82, 2.24) is 0 Å². The largest absolute Gasteiger partial charge is 0.481 e. The minimum Gasteiger partial charge on any atom is -0.481 e. The molecular weight excluding hydrogens is 216 g/mol.